The normalized spacial score (nSPS) is 17.8. The number of ether oxygens (including phenoxy) is 1. The third-order valence-corrected chi connectivity index (χ3v) is 5.34. The van der Waals surface area contributed by atoms with Crippen molar-refractivity contribution in [1.82, 2.24) is 5.32 Å². The monoisotopic (exact) mass is 396 g/mol. The molecule has 1 unspecified atom stereocenters. The number of anilines is 1. The lowest BCUT2D eigenvalue weighted by molar-refractivity contribution is -0.924. The van der Waals surface area contributed by atoms with E-state index < -0.39 is 18.0 Å². The number of esters is 1. The second-order valence-electron chi connectivity index (χ2n) is 7.36. The fourth-order valence-corrected chi connectivity index (χ4v) is 3.60. The molecule has 2 aromatic carbocycles. The first-order valence-corrected chi connectivity index (χ1v) is 9.54. The van der Waals surface area contributed by atoms with E-state index in [4.69, 9.17) is 4.74 Å². The molecule has 7 nitrogen and oxygen atoms in total. The number of carbonyl (C=O) groups excluding carboxylic acids is 3. The Labute approximate surface area is 170 Å². The molecular weight excluding hydrogens is 370 g/mol. The van der Waals surface area contributed by atoms with Crippen molar-refractivity contribution < 1.29 is 24.0 Å². The molecule has 7 heteroatoms. The Kier molecular flexibility index (Phi) is 6.29. The Morgan fingerprint density at radius 1 is 1.07 bits per heavy atom. The number of urea groups is 1. The Balaban J connectivity index is 1.64. The first kappa shape index (κ1) is 20.5. The number of quaternary nitrogens is 1. The molecular formula is C22H26N3O4+. The van der Waals surface area contributed by atoms with Gasteiger partial charge in [0.15, 0.2) is 12.6 Å². The molecule has 1 aliphatic rings. The molecule has 3 amide bonds. The van der Waals surface area contributed by atoms with Gasteiger partial charge in [-0.05, 0) is 42.7 Å². The molecule has 3 rings (SSSR count). The van der Waals surface area contributed by atoms with Crippen LogP contribution < -0.4 is 15.5 Å². The molecule has 0 saturated heterocycles. The van der Waals surface area contributed by atoms with Gasteiger partial charge < -0.3 is 15.0 Å². The van der Waals surface area contributed by atoms with Crippen molar-refractivity contribution in [2.75, 3.05) is 19.0 Å². The minimum atomic E-state index is -0.593. The molecule has 0 spiro atoms. The molecule has 29 heavy (non-hydrogen) atoms. The molecule has 0 fully saturated rings. The number of fused-ring (bicyclic) bond motifs is 1. The Bertz CT molecular complexity index is 941. The minimum absolute atomic E-state index is 0.00551. The number of nitrogens with one attached hydrogen (secondary N) is 3. The van der Waals surface area contributed by atoms with E-state index in [-0.39, 0.29) is 12.5 Å². The number of imide groups is 1. The van der Waals surface area contributed by atoms with Crippen LogP contribution in [0.25, 0.3) is 0 Å². The highest BCUT2D eigenvalue weighted by molar-refractivity contribution is 6.01. The largest absolute Gasteiger partial charge is 0.465 e. The minimum Gasteiger partial charge on any atom is -0.465 e. The van der Waals surface area contributed by atoms with Crippen LogP contribution in [0.15, 0.2) is 42.5 Å². The number of rotatable bonds is 4. The maximum Gasteiger partial charge on any atom is 0.365 e. The second kappa shape index (κ2) is 8.87. The zero-order valence-electron chi connectivity index (χ0n) is 16.9. The van der Waals surface area contributed by atoms with Crippen molar-refractivity contribution in [3.63, 3.8) is 0 Å². The summed E-state index contributed by atoms with van der Waals surface area (Å²) >= 11 is 0. The van der Waals surface area contributed by atoms with E-state index >= 15 is 0 Å². The topological polar surface area (TPSA) is 88.9 Å². The average molecular weight is 396 g/mol. The fraction of sp³-hybridized carbons (Fsp3) is 0.318. The number of hydrogen-bond donors (Lipinski definition) is 3. The number of amides is 3. The van der Waals surface area contributed by atoms with Crippen molar-refractivity contribution in [2.45, 2.75) is 32.9 Å². The quantitative estimate of drug-likeness (QED) is 0.676. The van der Waals surface area contributed by atoms with E-state index in [2.05, 4.69) is 10.6 Å². The van der Waals surface area contributed by atoms with Gasteiger partial charge >= 0.3 is 12.0 Å². The summed E-state index contributed by atoms with van der Waals surface area (Å²) in [7, 11) is 1.34. The summed E-state index contributed by atoms with van der Waals surface area (Å²) < 4.78 is 4.93. The van der Waals surface area contributed by atoms with E-state index in [1.165, 1.54) is 7.11 Å². The van der Waals surface area contributed by atoms with Gasteiger partial charge in [-0.2, -0.15) is 0 Å². The highest BCUT2D eigenvalue weighted by atomic mass is 16.5. The highest BCUT2D eigenvalue weighted by Crippen LogP contribution is 2.15. The van der Waals surface area contributed by atoms with Crippen molar-refractivity contribution >= 4 is 23.6 Å². The first-order chi connectivity index (χ1) is 13.9. The van der Waals surface area contributed by atoms with Crippen LogP contribution in [0, 0.1) is 13.8 Å². The van der Waals surface area contributed by atoms with Crippen LogP contribution in [0.2, 0.25) is 0 Å². The number of aryl methyl sites for hydroxylation is 2. The zero-order chi connectivity index (χ0) is 21.0. The van der Waals surface area contributed by atoms with E-state index in [0.717, 1.165) is 27.2 Å². The van der Waals surface area contributed by atoms with Gasteiger partial charge in [0.05, 0.1) is 7.11 Å². The Hall–Kier alpha value is -3.19. The SMILES string of the molecule is COC(=O)[C@H]1Cc2ccccc2C[NH+]1CC(=O)NC(=O)Nc1ccc(C)c(C)c1. The molecule has 0 bridgehead atoms. The van der Waals surface area contributed by atoms with E-state index in [1.807, 2.05) is 50.2 Å². The summed E-state index contributed by atoms with van der Waals surface area (Å²) in [6, 6.07) is 12.3. The third-order valence-electron chi connectivity index (χ3n) is 5.34. The molecule has 0 saturated carbocycles. The van der Waals surface area contributed by atoms with Crippen molar-refractivity contribution in [2.24, 2.45) is 0 Å². The predicted octanol–water partition coefficient (Wildman–Crippen LogP) is 1.13. The maximum atomic E-state index is 12.5. The van der Waals surface area contributed by atoms with Gasteiger partial charge in [-0.1, -0.05) is 30.3 Å². The Morgan fingerprint density at radius 3 is 2.48 bits per heavy atom. The molecule has 1 heterocycles. The number of carbonyl (C=O) groups is 3. The van der Waals surface area contributed by atoms with Crippen LogP contribution in [-0.2, 0) is 27.3 Å². The zero-order valence-corrected chi connectivity index (χ0v) is 16.9. The lowest BCUT2D eigenvalue weighted by Gasteiger charge is -2.31. The summed E-state index contributed by atoms with van der Waals surface area (Å²) in [6.07, 6.45) is 0.500. The summed E-state index contributed by atoms with van der Waals surface area (Å²) in [4.78, 5) is 37.6. The van der Waals surface area contributed by atoms with Gasteiger partial charge in [-0.15, -0.1) is 0 Å². The van der Waals surface area contributed by atoms with Crippen molar-refractivity contribution in [3.05, 3.63) is 64.7 Å². The van der Waals surface area contributed by atoms with Gasteiger partial charge in [0.25, 0.3) is 5.91 Å². The van der Waals surface area contributed by atoms with Gasteiger partial charge in [-0.25, -0.2) is 9.59 Å². The summed E-state index contributed by atoms with van der Waals surface area (Å²) in [5.41, 5.74) is 4.96. The van der Waals surface area contributed by atoms with Crippen LogP contribution in [0.4, 0.5) is 10.5 Å². The smallest absolute Gasteiger partial charge is 0.365 e. The van der Waals surface area contributed by atoms with Gasteiger partial charge in [0.2, 0.25) is 0 Å². The highest BCUT2D eigenvalue weighted by Gasteiger charge is 2.37. The van der Waals surface area contributed by atoms with Crippen LogP contribution in [0.5, 0.6) is 0 Å². The van der Waals surface area contributed by atoms with Gasteiger partial charge in [0, 0.05) is 17.7 Å². The molecule has 3 N–H and O–H groups in total. The standard InChI is InChI=1S/C22H25N3O4/c1-14-8-9-18(10-15(14)2)23-22(28)24-20(26)13-25-12-17-7-5-4-6-16(17)11-19(25)21(27)29-3/h4-10,19H,11-13H2,1-3H3,(H2,23,24,26,28)/p+1/t19-/m1/s1. The summed E-state index contributed by atoms with van der Waals surface area (Å²) in [5.74, 6) is -0.809. The van der Waals surface area contributed by atoms with Crippen LogP contribution >= 0.6 is 0 Å². The molecule has 0 aromatic heterocycles. The molecule has 0 radical (unpaired) electrons. The Morgan fingerprint density at radius 2 is 1.79 bits per heavy atom. The van der Waals surface area contributed by atoms with Gasteiger partial charge in [-0.3, -0.25) is 10.1 Å². The fourth-order valence-electron chi connectivity index (χ4n) is 3.60. The van der Waals surface area contributed by atoms with Gasteiger partial charge in [0.1, 0.15) is 6.54 Å². The third kappa shape index (κ3) is 5.00. The molecule has 0 aliphatic carbocycles. The molecule has 152 valence electrons. The summed E-state index contributed by atoms with van der Waals surface area (Å²) in [5, 5.41) is 5.02. The number of benzene rings is 2. The number of methoxy groups -OCH3 is 1. The molecule has 2 atom stereocenters. The van der Waals surface area contributed by atoms with E-state index in [1.54, 1.807) is 6.07 Å². The van der Waals surface area contributed by atoms with Crippen LogP contribution in [0.3, 0.4) is 0 Å². The van der Waals surface area contributed by atoms with Crippen molar-refractivity contribution in [3.8, 4) is 0 Å². The average Bonchev–Trinajstić information content (AvgIpc) is 2.69. The lowest BCUT2D eigenvalue weighted by atomic mass is 9.94. The predicted molar refractivity (Wildman–Crippen MR) is 109 cm³/mol. The van der Waals surface area contributed by atoms with Crippen LogP contribution in [-0.4, -0.2) is 37.6 Å². The number of hydrogen-bond acceptors (Lipinski definition) is 4. The summed E-state index contributed by atoms with van der Waals surface area (Å²) in [6.45, 7) is 4.45. The first-order valence-electron chi connectivity index (χ1n) is 9.54. The lowest BCUT2D eigenvalue weighted by Crippen LogP contribution is -3.17. The van der Waals surface area contributed by atoms with Crippen LogP contribution in [0.1, 0.15) is 22.3 Å². The second-order valence-corrected chi connectivity index (χ2v) is 7.36. The van der Waals surface area contributed by atoms with Crippen molar-refractivity contribution in [1.29, 1.82) is 0 Å². The maximum absolute atomic E-state index is 12.5. The molecule has 1 aliphatic heterocycles. The molecule has 2 aromatic rings. The van der Waals surface area contributed by atoms with E-state index in [0.29, 0.717) is 18.7 Å². The van der Waals surface area contributed by atoms with E-state index in [9.17, 15) is 14.4 Å².